The van der Waals surface area contributed by atoms with E-state index in [0.717, 1.165) is 12.5 Å². The Morgan fingerprint density at radius 2 is 1.71 bits per heavy atom. The quantitative estimate of drug-likeness (QED) is 0.396. The van der Waals surface area contributed by atoms with Crippen LogP contribution in [0.1, 0.15) is 6.42 Å². The largest absolute Gasteiger partial charge is 0.456 e. The molecule has 2 aromatic carbocycles. The van der Waals surface area contributed by atoms with Gasteiger partial charge in [0.05, 0.1) is 28.9 Å². The lowest BCUT2D eigenvalue weighted by molar-refractivity contribution is 0.0273. The summed E-state index contributed by atoms with van der Waals surface area (Å²) in [6.45, 7) is 1.08. The fourth-order valence-electron chi connectivity index (χ4n) is 4.38. The summed E-state index contributed by atoms with van der Waals surface area (Å²) < 4.78 is 58.3. The highest BCUT2D eigenvalue weighted by molar-refractivity contribution is 6.33. The lowest BCUT2D eigenvalue weighted by Gasteiger charge is -2.15. The minimum atomic E-state index is -1.24. The highest BCUT2D eigenvalue weighted by atomic mass is 35.5. The van der Waals surface area contributed by atoms with Crippen LogP contribution in [-0.4, -0.2) is 46.5 Å². The van der Waals surface area contributed by atoms with Gasteiger partial charge in [0.15, 0.2) is 23.4 Å². The molecule has 2 saturated heterocycles. The summed E-state index contributed by atoms with van der Waals surface area (Å²) in [6.07, 6.45) is 0.536. The molecule has 34 heavy (non-hydrogen) atoms. The van der Waals surface area contributed by atoms with E-state index in [9.17, 15) is 13.2 Å². The van der Waals surface area contributed by atoms with Crippen LogP contribution < -0.4 is 4.74 Å². The molecule has 2 fully saturated rings. The minimum absolute atomic E-state index is 0.0431. The number of hydrogen-bond donors (Lipinski definition) is 1. The molecule has 4 heterocycles. The molecule has 3 atom stereocenters. The number of H-pyrrole nitrogens is 1. The lowest BCUT2D eigenvalue weighted by atomic mass is 10.0. The van der Waals surface area contributed by atoms with Crippen LogP contribution in [0, 0.1) is 17.5 Å². The van der Waals surface area contributed by atoms with E-state index in [1.54, 1.807) is 30.3 Å². The number of nitrogens with one attached hydrogen (secondary N) is 1. The van der Waals surface area contributed by atoms with Crippen molar-refractivity contribution in [1.82, 2.24) is 15.0 Å². The second-order valence-corrected chi connectivity index (χ2v) is 8.61. The van der Waals surface area contributed by atoms with E-state index in [4.69, 9.17) is 25.8 Å². The van der Waals surface area contributed by atoms with Gasteiger partial charge in [-0.3, -0.25) is 0 Å². The van der Waals surface area contributed by atoms with E-state index >= 15 is 0 Å². The van der Waals surface area contributed by atoms with Crippen LogP contribution in [0.3, 0.4) is 0 Å². The highest BCUT2D eigenvalue weighted by Gasteiger charge is 2.43. The highest BCUT2D eigenvalue weighted by Crippen LogP contribution is 2.33. The SMILES string of the molecule is Fc1cc(F)c(-c2ccc(-c3nc4nc(O[C@@H]5CO[C@@H]6CCO[C@@H]65)[nH]c4cc3Cl)cc2)cc1F. The van der Waals surface area contributed by atoms with Crippen molar-refractivity contribution in [3.63, 3.8) is 0 Å². The second kappa shape index (κ2) is 8.26. The van der Waals surface area contributed by atoms with Crippen molar-refractivity contribution in [2.24, 2.45) is 0 Å². The summed E-state index contributed by atoms with van der Waals surface area (Å²) in [6, 6.07) is 9.87. The number of pyridine rings is 1. The van der Waals surface area contributed by atoms with Gasteiger partial charge in [0, 0.05) is 23.8 Å². The Hall–Kier alpha value is -3.14. The van der Waals surface area contributed by atoms with Crippen molar-refractivity contribution in [1.29, 1.82) is 0 Å². The van der Waals surface area contributed by atoms with Gasteiger partial charge < -0.3 is 19.2 Å². The Morgan fingerprint density at radius 1 is 0.941 bits per heavy atom. The molecular formula is C24H17ClF3N3O3. The van der Waals surface area contributed by atoms with E-state index in [1.165, 1.54) is 0 Å². The maximum absolute atomic E-state index is 14.1. The first-order chi connectivity index (χ1) is 16.5. The molecule has 6 rings (SSSR count). The first-order valence-corrected chi connectivity index (χ1v) is 11.1. The predicted octanol–water partition coefficient (Wildman–Crippen LogP) is 5.30. The summed E-state index contributed by atoms with van der Waals surface area (Å²) in [5, 5.41) is 0.373. The summed E-state index contributed by atoms with van der Waals surface area (Å²) >= 11 is 6.47. The number of nitrogens with zero attached hydrogens (tertiary/aromatic N) is 2. The average molecular weight is 488 g/mol. The van der Waals surface area contributed by atoms with Crippen LogP contribution >= 0.6 is 11.6 Å². The molecule has 0 unspecified atom stereocenters. The summed E-state index contributed by atoms with van der Waals surface area (Å²) in [5.74, 6) is -3.21. The van der Waals surface area contributed by atoms with Crippen LogP contribution in [0.5, 0.6) is 6.01 Å². The van der Waals surface area contributed by atoms with Crippen molar-refractivity contribution < 1.29 is 27.4 Å². The molecule has 0 bridgehead atoms. The van der Waals surface area contributed by atoms with Crippen molar-refractivity contribution in [3.8, 4) is 28.4 Å². The molecule has 2 aliphatic heterocycles. The van der Waals surface area contributed by atoms with Crippen LogP contribution in [0.2, 0.25) is 5.02 Å². The number of rotatable bonds is 4. The van der Waals surface area contributed by atoms with Crippen molar-refractivity contribution >= 4 is 22.8 Å². The molecule has 174 valence electrons. The number of ether oxygens (including phenoxy) is 3. The third kappa shape index (κ3) is 3.70. The zero-order chi connectivity index (χ0) is 23.4. The number of hydrogen-bond acceptors (Lipinski definition) is 5. The molecule has 1 N–H and O–H groups in total. The topological polar surface area (TPSA) is 69.3 Å². The van der Waals surface area contributed by atoms with Gasteiger partial charge in [0.25, 0.3) is 6.01 Å². The number of halogens is 4. The van der Waals surface area contributed by atoms with E-state index in [1.807, 2.05) is 0 Å². The Balaban J connectivity index is 1.28. The first-order valence-electron chi connectivity index (χ1n) is 10.7. The molecule has 2 aliphatic rings. The Bertz CT molecular complexity index is 1400. The third-order valence-corrected chi connectivity index (χ3v) is 6.36. The molecular weight excluding hydrogens is 471 g/mol. The number of imidazole rings is 1. The van der Waals surface area contributed by atoms with Crippen molar-refractivity contribution in [3.05, 3.63) is 64.9 Å². The fraction of sp³-hybridized carbons (Fsp3) is 0.250. The maximum atomic E-state index is 14.1. The molecule has 0 aliphatic carbocycles. The Morgan fingerprint density at radius 3 is 2.53 bits per heavy atom. The van der Waals surface area contributed by atoms with E-state index < -0.39 is 17.5 Å². The first kappa shape index (κ1) is 21.4. The van der Waals surface area contributed by atoms with Gasteiger partial charge >= 0.3 is 0 Å². The maximum Gasteiger partial charge on any atom is 0.296 e. The van der Waals surface area contributed by atoms with E-state index in [-0.39, 0.29) is 23.9 Å². The standard InChI is InChI=1S/C24H17ClF3N3O3/c25-14-8-18-23(31-24(29-18)34-20-10-33-19-5-6-32-22(19)20)30-21(14)12-3-1-11(2-4-12)13-7-16(27)17(28)9-15(13)26/h1-4,7-9,19-20,22H,5-6,10H2,(H,29,30,31)/t19-,20-,22+/m1/s1. The smallest absolute Gasteiger partial charge is 0.296 e. The van der Waals surface area contributed by atoms with E-state index in [0.29, 0.717) is 58.3 Å². The molecule has 0 radical (unpaired) electrons. The number of fused-ring (bicyclic) bond motifs is 2. The normalized spacial score (nSPS) is 21.8. The molecule has 4 aromatic rings. The minimum Gasteiger partial charge on any atom is -0.456 e. The van der Waals surface area contributed by atoms with Gasteiger partial charge in [-0.2, -0.15) is 4.98 Å². The summed E-state index contributed by atoms with van der Waals surface area (Å²) in [7, 11) is 0. The Labute approximate surface area is 196 Å². The molecule has 0 spiro atoms. The van der Waals surface area contributed by atoms with Crippen LogP contribution in [0.15, 0.2) is 42.5 Å². The van der Waals surface area contributed by atoms with Crippen LogP contribution in [-0.2, 0) is 9.47 Å². The molecule has 0 saturated carbocycles. The van der Waals surface area contributed by atoms with Crippen molar-refractivity contribution in [2.45, 2.75) is 24.7 Å². The molecule has 10 heteroatoms. The third-order valence-electron chi connectivity index (χ3n) is 6.07. The van der Waals surface area contributed by atoms with Gasteiger partial charge in [-0.05, 0) is 24.1 Å². The summed E-state index contributed by atoms with van der Waals surface area (Å²) in [4.78, 5) is 12.0. The molecule has 2 aromatic heterocycles. The van der Waals surface area contributed by atoms with Gasteiger partial charge in [0.1, 0.15) is 11.9 Å². The zero-order valence-electron chi connectivity index (χ0n) is 17.5. The monoisotopic (exact) mass is 487 g/mol. The molecule has 6 nitrogen and oxygen atoms in total. The van der Waals surface area contributed by atoms with Crippen molar-refractivity contribution in [2.75, 3.05) is 13.2 Å². The number of aromatic nitrogens is 3. The second-order valence-electron chi connectivity index (χ2n) is 8.21. The molecule has 0 amide bonds. The van der Waals surface area contributed by atoms with Crippen LogP contribution in [0.25, 0.3) is 33.5 Å². The van der Waals surface area contributed by atoms with E-state index in [2.05, 4.69) is 15.0 Å². The van der Waals surface area contributed by atoms with Crippen LogP contribution in [0.4, 0.5) is 13.2 Å². The number of benzene rings is 2. The van der Waals surface area contributed by atoms with Gasteiger partial charge in [-0.15, -0.1) is 0 Å². The fourth-order valence-corrected chi connectivity index (χ4v) is 4.64. The number of aromatic amines is 1. The van der Waals surface area contributed by atoms with Gasteiger partial charge in [-0.25, -0.2) is 18.2 Å². The zero-order valence-corrected chi connectivity index (χ0v) is 18.3. The Kier molecular flexibility index (Phi) is 5.20. The summed E-state index contributed by atoms with van der Waals surface area (Å²) in [5.41, 5.74) is 2.47. The predicted molar refractivity (Wildman–Crippen MR) is 118 cm³/mol. The van der Waals surface area contributed by atoms with Gasteiger partial charge in [0.2, 0.25) is 0 Å². The average Bonchev–Trinajstić information content (AvgIpc) is 3.53. The van der Waals surface area contributed by atoms with Gasteiger partial charge in [-0.1, -0.05) is 35.9 Å². The lowest BCUT2D eigenvalue weighted by Crippen LogP contribution is -2.32.